The van der Waals surface area contributed by atoms with E-state index in [0.29, 0.717) is 6.54 Å². The molecule has 2 aromatic rings. The Balaban J connectivity index is 2.09. The van der Waals surface area contributed by atoms with Gasteiger partial charge in [0, 0.05) is 11.4 Å². The lowest BCUT2D eigenvalue weighted by Gasteiger charge is -2.09. The van der Waals surface area contributed by atoms with E-state index < -0.39 is 11.8 Å². The number of halogens is 1. The first kappa shape index (κ1) is 14.4. The van der Waals surface area contributed by atoms with Crippen molar-refractivity contribution in [1.82, 2.24) is 0 Å². The molecular weight excluding hydrogens is 277 g/mol. The van der Waals surface area contributed by atoms with Crippen LogP contribution in [-0.2, 0) is 6.54 Å². The number of carboxylic acid groups (broad SMARTS) is 1. The third-order valence-corrected chi connectivity index (χ3v) is 3.60. The van der Waals surface area contributed by atoms with Crippen LogP contribution in [0.5, 0.6) is 0 Å². The highest BCUT2D eigenvalue weighted by Crippen LogP contribution is 2.19. The van der Waals surface area contributed by atoms with Crippen molar-refractivity contribution in [3.63, 3.8) is 0 Å². The molecular formula is C15H14FNO2S. The Bertz CT molecular complexity index is 614. The number of hydrogen-bond acceptors (Lipinski definition) is 3. The molecule has 0 heterocycles. The summed E-state index contributed by atoms with van der Waals surface area (Å²) in [6.07, 6.45) is 2.00. The number of anilines is 1. The van der Waals surface area contributed by atoms with Gasteiger partial charge in [-0.25, -0.2) is 9.18 Å². The van der Waals surface area contributed by atoms with Crippen LogP contribution in [0, 0.1) is 5.82 Å². The van der Waals surface area contributed by atoms with Crippen molar-refractivity contribution in [2.45, 2.75) is 11.4 Å². The molecule has 0 atom stereocenters. The molecule has 2 aromatic carbocycles. The highest BCUT2D eigenvalue weighted by Gasteiger charge is 2.08. The van der Waals surface area contributed by atoms with Gasteiger partial charge in [0.1, 0.15) is 5.82 Å². The molecule has 2 rings (SSSR count). The van der Waals surface area contributed by atoms with Gasteiger partial charge in [-0.3, -0.25) is 0 Å². The summed E-state index contributed by atoms with van der Waals surface area (Å²) in [4.78, 5) is 12.0. The van der Waals surface area contributed by atoms with Crippen LogP contribution >= 0.6 is 11.8 Å². The predicted molar refractivity (Wildman–Crippen MR) is 78.9 cm³/mol. The number of carboxylic acids is 1. The second-order valence-corrected chi connectivity index (χ2v) is 5.08. The SMILES string of the molecule is CSc1ccc(CNc2cc(C(=O)O)ccc2F)cc1. The van der Waals surface area contributed by atoms with Gasteiger partial charge in [0.2, 0.25) is 0 Å². The van der Waals surface area contributed by atoms with Gasteiger partial charge in [-0.2, -0.15) is 0 Å². The first-order valence-electron chi connectivity index (χ1n) is 6.00. The van der Waals surface area contributed by atoms with E-state index in [4.69, 9.17) is 5.11 Å². The van der Waals surface area contributed by atoms with Crippen LogP contribution in [0.15, 0.2) is 47.4 Å². The Kier molecular flexibility index (Phi) is 4.63. The van der Waals surface area contributed by atoms with Crippen molar-refractivity contribution in [3.8, 4) is 0 Å². The van der Waals surface area contributed by atoms with Crippen LogP contribution in [0.4, 0.5) is 10.1 Å². The summed E-state index contributed by atoms with van der Waals surface area (Å²) in [5.41, 5.74) is 1.26. The molecule has 0 aliphatic carbocycles. The fourth-order valence-electron chi connectivity index (χ4n) is 1.73. The Morgan fingerprint density at radius 3 is 2.55 bits per heavy atom. The zero-order valence-corrected chi connectivity index (χ0v) is 11.7. The van der Waals surface area contributed by atoms with Crippen LogP contribution < -0.4 is 5.32 Å². The summed E-state index contributed by atoms with van der Waals surface area (Å²) < 4.78 is 13.6. The summed E-state index contributed by atoms with van der Waals surface area (Å²) in [6, 6.07) is 11.6. The minimum atomic E-state index is -1.07. The van der Waals surface area contributed by atoms with Crippen molar-refractivity contribution in [2.24, 2.45) is 0 Å². The van der Waals surface area contributed by atoms with Gasteiger partial charge in [0.05, 0.1) is 11.3 Å². The van der Waals surface area contributed by atoms with Gasteiger partial charge in [0.25, 0.3) is 0 Å². The summed E-state index contributed by atoms with van der Waals surface area (Å²) in [7, 11) is 0. The summed E-state index contributed by atoms with van der Waals surface area (Å²) in [5, 5.41) is 11.8. The number of rotatable bonds is 5. The van der Waals surface area contributed by atoms with Gasteiger partial charge in [0.15, 0.2) is 0 Å². The zero-order chi connectivity index (χ0) is 14.5. The quantitative estimate of drug-likeness (QED) is 0.821. The Hall–Kier alpha value is -2.01. The van der Waals surface area contributed by atoms with Crippen LogP contribution in [0.3, 0.4) is 0 Å². The van der Waals surface area contributed by atoms with Crippen molar-refractivity contribution in [3.05, 3.63) is 59.4 Å². The third-order valence-electron chi connectivity index (χ3n) is 2.86. The van der Waals surface area contributed by atoms with Crippen LogP contribution in [-0.4, -0.2) is 17.3 Å². The monoisotopic (exact) mass is 291 g/mol. The van der Waals surface area contributed by atoms with Crippen molar-refractivity contribution >= 4 is 23.4 Å². The molecule has 0 aliphatic heterocycles. The lowest BCUT2D eigenvalue weighted by atomic mass is 10.1. The summed E-state index contributed by atoms with van der Waals surface area (Å²) in [5.74, 6) is -1.53. The molecule has 5 heteroatoms. The zero-order valence-electron chi connectivity index (χ0n) is 10.9. The molecule has 0 amide bonds. The Morgan fingerprint density at radius 1 is 1.25 bits per heavy atom. The molecule has 20 heavy (non-hydrogen) atoms. The normalized spacial score (nSPS) is 10.3. The maximum atomic E-state index is 13.6. The molecule has 0 fully saturated rings. The molecule has 0 saturated heterocycles. The molecule has 0 radical (unpaired) electrons. The van der Waals surface area contributed by atoms with E-state index in [1.54, 1.807) is 11.8 Å². The Labute approximate surface area is 120 Å². The van der Waals surface area contributed by atoms with Gasteiger partial charge < -0.3 is 10.4 Å². The predicted octanol–water partition coefficient (Wildman–Crippen LogP) is 3.86. The van der Waals surface area contributed by atoms with Crippen molar-refractivity contribution in [1.29, 1.82) is 0 Å². The molecule has 0 unspecified atom stereocenters. The fourth-order valence-corrected chi connectivity index (χ4v) is 2.14. The molecule has 0 aromatic heterocycles. The molecule has 0 aliphatic rings. The van der Waals surface area contributed by atoms with Gasteiger partial charge >= 0.3 is 5.97 Å². The van der Waals surface area contributed by atoms with Crippen molar-refractivity contribution < 1.29 is 14.3 Å². The first-order chi connectivity index (χ1) is 9.60. The van der Waals surface area contributed by atoms with E-state index in [9.17, 15) is 9.18 Å². The van der Waals surface area contributed by atoms with Gasteiger partial charge in [-0.05, 0) is 42.2 Å². The minimum Gasteiger partial charge on any atom is -0.478 e. The average Bonchev–Trinajstić information content (AvgIpc) is 2.46. The number of benzene rings is 2. The van der Waals surface area contributed by atoms with Gasteiger partial charge in [-0.1, -0.05) is 12.1 Å². The fraction of sp³-hybridized carbons (Fsp3) is 0.133. The largest absolute Gasteiger partial charge is 0.478 e. The van der Waals surface area contributed by atoms with Crippen molar-refractivity contribution in [2.75, 3.05) is 11.6 Å². The molecule has 0 bridgehead atoms. The number of nitrogens with one attached hydrogen (secondary N) is 1. The van der Waals surface area contributed by atoms with Crippen LogP contribution in [0.2, 0.25) is 0 Å². The highest BCUT2D eigenvalue weighted by molar-refractivity contribution is 7.98. The maximum absolute atomic E-state index is 13.6. The van der Waals surface area contributed by atoms with Crippen LogP contribution in [0.25, 0.3) is 0 Å². The summed E-state index contributed by atoms with van der Waals surface area (Å²) >= 11 is 1.65. The lowest BCUT2D eigenvalue weighted by Crippen LogP contribution is -2.04. The average molecular weight is 291 g/mol. The number of aromatic carboxylic acids is 1. The van der Waals surface area contributed by atoms with E-state index in [0.717, 1.165) is 16.5 Å². The second-order valence-electron chi connectivity index (χ2n) is 4.20. The molecule has 0 spiro atoms. The smallest absolute Gasteiger partial charge is 0.335 e. The van der Waals surface area contributed by atoms with E-state index in [1.165, 1.54) is 12.1 Å². The van der Waals surface area contributed by atoms with Crippen LogP contribution in [0.1, 0.15) is 15.9 Å². The van der Waals surface area contributed by atoms with E-state index in [1.807, 2.05) is 30.5 Å². The third kappa shape index (κ3) is 3.51. The molecule has 104 valence electrons. The second kappa shape index (κ2) is 6.43. The summed E-state index contributed by atoms with van der Waals surface area (Å²) in [6.45, 7) is 0.439. The minimum absolute atomic E-state index is 0.0617. The van der Waals surface area contributed by atoms with E-state index in [2.05, 4.69) is 5.32 Å². The first-order valence-corrected chi connectivity index (χ1v) is 7.22. The van der Waals surface area contributed by atoms with Gasteiger partial charge in [-0.15, -0.1) is 11.8 Å². The molecule has 3 nitrogen and oxygen atoms in total. The van der Waals surface area contributed by atoms with E-state index in [-0.39, 0.29) is 11.3 Å². The molecule has 0 saturated carbocycles. The topological polar surface area (TPSA) is 49.3 Å². The Morgan fingerprint density at radius 2 is 1.95 bits per heavy atom. The number of thioether (sulfide) groups is 1. The lowest BCUT2D eigenvalue weighted by molar-refractivity contribution is 0.0697. The standard InChI is InChI=1S/C15H14FNO2S/c1-20-12-5-2-10(3-6-12)9-17-14-8-11(15(18)19)4-7-13(14)16/h2-8,17H,9H2,1H3,(H,18,19). The molecule has 2 N–H and O–H groups in total. The number of hydrogen-bond donors (Lipinski definition) is 2. The highest BCUT2D eigenvalue weighted by atomic mass is 32.2. The maximum Gasteiger partial charge on any atom is 0.335 e. The number of carbonyl (C=O) groups is 1. The van der Waals surface area contributed by atoms with E-state index >= 15 is 0 Å².